The van der Waals surface area contributed by atoms with Crippen LogP contribution in [0.4, 0.5) is 4.39 Å². The van der Waals surface area contributed by atoms with Gasteiger partial charge in [-0.05, 0) is 18.2 Å². The van der Waals surface area contributed by atoms with Crippen molar-refractivity contribution in [2.75, 3.05) is 7.11 Å². The predicted molar refractivity (Wildman–Crippen MR) is 80.2 cm³/mol. The van der Waals surface area contributed by atoms with E-state index in [-0.39, 0.29) is 16.9 Å². The van der Waals surface area contributed by atoms with Gasteiger partial charge in [-0.2, -0.15) is 0 Å². The molecule has 112 valence electrons. The molecule has 0 saturated heterocycles. The summed E-state index contributed by atoms with van der Waals surface area (Å²) in [6, 6.07) is 7.10. The highest BCUT2D eigenvalue weighted by atomic mass is 79.9. The van der Waals surface area contributed by atoms with E-state index in [1.165, 1.54) is 19.2 Å². The second kappa shape index (κ2) is 5.38. The summed E-state index contributed by atoms with van der Waals surface area (Å²) in [7, 11) is 1.20. The maximum Gasteiger partial charge on any atom is 0.356 e. The molecule has 0 aliphatic rings. The van der Waals surface area contributed by atoms with Crippen LogP contribution in [0.25, 0.3) is 16.9 Å². The van der Waals surface area contributed by atoms with Crippen molar-refractivity contribution in [3.8, 4) is 11.3 Å². The molecule has 0 radical (unpaired) electrons. The van der Waals surface area contributed by atoms with Crippen molar-refractivity contribution in [1.82, 2.24) is 14.6 Å². The maximum absolute atomic E-state index is 14.0. The first-order chi connectivity index (χ1) is 10.5. The third-order valence-electron chi connectivity index (χ3n) is 3.07. The Balaban J connectivity index is 2.19. The SMILES string of the molecule is COC(=O)c1cc(=O)n2[nH]c(-c3ccc(Br)cc3F)cc2n1. The number of hydrogen-bond acceptors (Lipinski definition) is 4. The molecule has 6 nitrogen and oxygen atoms in total. The molecule has 0 atom stereocenters. The number of aromatic nitrogens is 3. The Morgan fingerprint density at radius 3 is 2.82 bits per heavy atom. The summed E-state index contributed by atoms with van der Waals surface area (Å²) in [4.78, 5) is 27.5. The normalized spacial score (nSPS) is 10.9. The molecule has 1 aromatic carbocycles. The van der Waals surface area contributed by atoms with Crippen molar-refractivity contribution in [3.05, 3.63) is 56.7 Å². The van der Waals surface area contributed by atoms with Crippen molar-refractivity contribution in [1.29, 1.82) is 0 Å². The number of esters is 1. The van der Waals surface area contributed by atoms with E-state index in [2.05, 4.69) is 30.7 Å². The zero-order valence-electron chi connectivity index (χ0n) is 11.3. The first kappa shape index (κ1) is 14.5. The third-order valence-corrected chi connectivity index (χ3v) is 3.56. The number of rotatable bonds is 2. The highest BCUT2D eigenvalue weighted by Crippen LogP contribution is 2.24. The van der Waals surface area contributed by atoms with Gasteiger partial charge in [0.1, 0.15) is 5.82 Å². The van der Waals surface area contributed by atoms with E-state index in [0.717, 1.165) is 10.6 Å². The van der Waals surface area contributed by atoms with Gasteiger partial charge in [-0.25, -0.2) is 18.7 Å². The Morgan fingerprint density at radius 2 is 2.14 bits per heavy atom. The molecule has 0 saturated carbocycles. The topological polar surface area (TPSA) is 76.5 Å². The van der Waals surface area contributed by atoms with Crippen LogP contribution in [0.3, 0.4) is 0 Å². The number of nitrogens with one attached hydrogen (secondary N) is 1. The Labute approximate surface area is 131 Å². The number of ether oxygens (including phenoxy) is 1. The van der Waals surface area contributed by atoms with Crippen molar-refractivity contribution >= 4 is 27.5 Å². The summed E-state index contributed by atoms with van der Waals surface area (Å²) in [5, 5.41) is 2.76. The standard InChI is InChI=1S/C14H9BrFN3O3/c1-22-14(21)11-6-13(20)19-12(17-11)5-10(18-19)8-3-2-7(15)4-9(8)16/h2-6,18H,1H3. The van der Waals surface area contributed by atoms with E-state index in [1.807, 2.05) is 0 Å². The molecule has 0 amide bonds. The Hall–Kier alpha value is -2.48. The molecule has 0 spiro atoms. The van der Waals surface area contributed by atoms with Gasteiger partial charge in [-0.3, -0.25) is 9.89 Å². The van der Waals surface area contributed by atoms with Crippen molar-refractivity contribution in [2.24, 2.45) is 0 Å². The molecule has 2 heterocycles. The largest absolute Gasteiger partial charge is 0.464 e. The van der Waals surface area contributed by atoms with Crippen LogP contribution in [0.15, 0.2) is 39.6 Å². The zero-order valence-corrected chi connectivity index (χ0v) is 12.8. The predicted octanol–water partition coefficient (Wildman–Crippen LogP) is 2.38. The minimum Gasteiger partial charge on any atom is -0.464 e. The maximum atomic E-state index is 14.0. The van der Waals surface area contributed by atoms with Crippen LogP contribution < -0.4 is 5.56 Å². The van der Waals surface area contributed by atoms with Crippen LogP contribution in [0.1, 0.15) is 10.5 Å². The molecule has 3 rings (SSSR count). The summed E-state index contributed by atoms with van der Waals surface area (Å²) < 4.78 is 20.3. The van der Waals surface area contributed by atoms with Gasteiger partial charge in [-0.15, -0.1) is 0 Å². The zero-order chi connectivity index (χ0) is 15.9. The molecular formula is C14H9BrFN3O3. The summed E-state index contributed by atoms with van der Waals surface area (Å²) in [5.74, 6) is -1.17. The molecule has 0 fully saturated rings. The number of carbonyl (C=O) groups is 1. The molecule has 0 unspecified atom stereocenters. The summed E-state index contributed by atoms with van der Waals surface area (Å²) >= 11 is 3.18. The summed E-state index contributed by atoms with van der Waals surface area (Å²) in [6.45, 7) is 0. The highest BCUT2D eigenvalue weighted by molar-refractivity contribution is 9.10. The lowest BCUT2D eigenvalue weighted by atomic mass is 10.1. The van der Waals surface area contributed by atoms with Crippen molar-refractivity contribution in [3.63, 3.8) is 0 Å². The van der Waals surface area contributed by atoms with Gasteiger partial charge in [0, 0.05) is 22.2 Å². The van der Waals surface area contributed by atoms with Crippen LogP contribution in [-0.4, -0.2) is 27.7 Å². The van der Waals surface area contributed by atoms with Crippen LogP contribution >= 0.6 is 15.9 Å². The monoisotopic (exact) mass is 365 g/mol. The van der Waals surface area contributed by atoms with Gasteiger partial charge in [0.05, 0.1) is 12.8 Å². The van der Waals surface area contributed by atoms with Gasteiger partial charge in [0.2, 0.25) is 0 Å². The summed E-state index contributed by atoms with van der Waals surface area (Å²) in [6.07, 6.45) is 0. The number of halogens is 2. The van der Waals surface area contributed by atoms with Gasteiger partial charge >= 0.3 is 5.97 Å². The Bertz CT molecular complexity index is 948. The second-order valence-corrected chi connectivity index (χ2v) is 5.37. The number of fused-ring (bicyclic) bond motifs is 1. The molecule has 22 heavy (non-hydrogen) atoms. The first-order valence-corrected chi connectivity index (χ1v) is 6.95. The van der Waals surface area contributed by atoms with Crippen molar-refractivity contribution < 1.29 is 13.9 Å². The minimum atomic E-state index is -0.711. The molecule has 0 aliphatic heterocycles. The van der Waals surface area contributed by atoms with E-state index in [1.54, 1.807) is 12.1 Å². The van der Waals surface area contributed by atoms with Crippen LogP contribution in [-0.2, 0) is 4.74 Å². The number of carbonyl (C=O) groups excluding carboxylic acids is 1. The van der Waals surface area contributed by atoms with E-state index >= 15 is 0 Å². The third kappa shape index (κ3) is 2.41. The lowest BCUT2D eigenvalue weighted by molar-refractivity contribution is 0.0594. The lowest BCUT2D eigenvalue weighted by Gasteiger charge is -2.00. The number of benzene rings is 1. The quantitative estimate of drug-likeness (QED) is 0.707. The van der Waals surface area contributed by atoms with Gasteiger partial charge in [0.25, 0.3) is 5.56 Å². The Morgan fingerprint density at radius 1 is 1.36 bits per heavy atom. The smallest absolute Gasteiger partial charge is 0.356 e. The average Bonchev–Trinajstić information content (AvgIpc) is 2.90. The molecule has 0 bridgehead atoms. The lowest BCUT2D eigenvalue weighted by Crippen LogP contribution is -2.18. The van der Waals surface area contributed by atoms with Crippen LogP contribution in [0.2, 0.25) is 0 Å². The number of hydrogen-bond donors (Lipinski definition) is 1. The fraction of sp³-hybridized carbons (Fsp3) is 0.0714. The number of nitrogens with zero attached hydrogens (tertiary/aromatic N) is 2. The molecule has 8 heteroatoms. The molecular weight excluding hydrogens is 357 g/mol. The van der Waals surface area contributed by atoms with E-state index in [4.69, 9.17) is 0 Å². The molecule has 1 N–H and O–H groups in total. The van der Waals surface area contributed by atoms with Gasteiger partial charge < -0.3 is 4.74 Å². The molecule has 0 aliphatic carbocycles. The number of aromatic amines is 1. The average molecular weight is 366 g/mol. The fourth-order valence-electron chi connectivity index (χ4n) is 2.05. The van der Waals surface area contributed by atoms with E-state index in [9.17, 15) is 14.0 Å². The highest BCUT2D eigenvalue weighted by Gasteiger charge is 2.14. The second-order valence-electron chi connectivity index (χ2n) is 4.46. The number of H-pyrrole nitrogens is 1. The van der Waals surface area contributed by atoms with Crippen LogP contribution in [0.5, 0.6) is 0 Å². The summed E-state index contributed by atoms with van der Waals surface area (Å²) in [5.41, 5.74) is 0.262. The molecule has 3 aromatic rings. The fourth-order valence-corrected chi connectivity index (χ4v) is 2.38. The van der Waals surface area contributed by atoms with E-state index < -0.39 is 17.3 Å². The van der Waals surface area contributed by atoms with Gasteiger partial charge in [-0.1, -0.05) is 15.9 Å². The molecule has 2 aromatic heterocycles. The van der Waals surface area contributed by atoms with Gasteiger partial charge in [0.15, 0.2) is 11.3 Å². The van der Waals surface area contributed by atoms with Crippen LogP contribution in [0, 0.1) is 5.82 Å². The Kier molecular flexibility index (Phi) is 3.53. The first-order valence-electron chi connectivity index (χ1n) is 6.16. The minimum absolute atomic E-state index is 0.102. The van der Waals surface area contributed by atoms with E-state index in [0.29, 0.717) is 10.2 Å². The van der Waals surface area contributed by atoms with Crippen molar-refractivity contribution in [2.45, 2.75) is 0 Å². The number of methoxy groups -OCH3 is 1.